The number of anilines is 1. The predicted molar refractivity (Wildman–Crippen MR) is 92.7 cm³/mol. The molecule has 0 radical (unpaired) electrons. The van der Waals surface area contributed by atoms with Crippen molar-refractivity contribution in [3.63, 3.8) is 0 Å². The molecule has 4 aromatic rings. The summed E-state index contributed by atoms with van der Waals surface area (Å²) in [4.78, 5) is 19.8. The van der Waals surface area contributed by atoms with Crippen molar-refractivity contribution in [2.24, 2.45) is 0 Å². The number of pyridine rings is 1. The molecule has 0 unspecified atom stereocenters. The number of nitrogens with zero attached hydrogens (tertiary/aromatic N) is 1. The molecule has 0 aliphatic heterocycles. The molecule has 4 nitrogen and oxygen atoms in total. The third kappa shape index (κ3) is 2.44. The third-order valence-corrected chi connectivity index (χ3v) is 4.01. The highest BCUT2D eigenvalue weighted by Crippen LogP contribution is 2.21. The average Bonchev–Trinajstić information content (AvgIpc) is 3.01. The number of rotatable bonds is 2. The second-order valence-electron chi connectivity index (χ2n) is 5.61. The van der Waals surface area contributed by atoms with Gasteiger partial charge in [-0.3, -0.25) is 9.78 Å². The van der Waals surface area contributed by atoms with Crippen LogP contribution in [0.25, 0.3) is 21.7 Å². The number of H-pyrrole nitrogens is 1. The summed E-state index contributed by atoms with van der Waals surface area (Å²) in [7, 11) is 0. The van der Waals surface area contributed by atoms with Crippen LogP contribution in [0.1, 0.15) is 16.1 Å². The molecule has 112 valence electrons. The number of benzene rings is 2. The molecule has 0 atom stereocenters. The molecule has 2 aromatic heterocycles. The van der Waals surface area contributed by atoms with E-state index in [1.54, 1.807) is 12.4 Å². The molecule has 4 heteroatoms. The van der Waals surface area contributed by atoms with Crippen molar-refractivity contribution in [1.29, 1.82) is 0 Å². The molecule has 4 rings (SSSR count). The maximum absolute atomic E-state index is 12.5. The third-order valence-electron chi connectivity index (χ3n) is 4.01. The van der Waals surface area contributed by atoms with Crippen LogP contribution in [0, 0.1) is 6.92 Å². The van der Waals surface area contributed by atoms with Crippen LogP contribution < -0.4 is 5.32 Å². The zero-order valence-corrected chi connectivity index (χ0v) is 12.6. The molecule has 0 fully saturated rings. The molecule has 23 heavy (non-hydrogen) atoms. The first-order valence-corrected chi connectivity index (χ1v) is 7.44. The van der Waals surface area contributed by atoms with E-state index in [1.807, 2.05) is 55.5 Å². The van der Waals surface area contributed by atoms with Crippen molar-refractivity contribution in [1.82, 2.24) is 9.97 Å². The molecular formula is C19H15N3O. The largest absolute Gasteiger partial charge is 0.350 e. The van der Waals surface area contributed by atoms with Crippen molar-refractivity contribution in [2.45, 2.75) is 6.92 Å². The van der Waals surface area contributed by atoms with Crippen LogP contribution in [0.2, 0.25) is 0 Å². The molecule has 0 saturated carbocycles. The molecular weight excluding hydrogens is 286 g/mol. The lowest BCUT2D eigenvalue weighted by Gasteiger charge is -2.05. The number of carbonyl (C=O) groups excluding carboxylic acids is 1. The number of carbonyl (C=O) groups is 1. The lowest BCUT2D eigenvalue weighted by Crippen LogP contribution is -2.12. The first-order chi connectivity index (χ1) is 11.2. The molecule has 2 heterocycles. The normalized spacial score (nSPS) is 11.0. The number of amides is 1. The Morgan fingerprint density at radius 2 is 1.96 bits per heavy atom. The zero-order chi connectivity index (χ0) is 15.8. The molecule has 2 N–H and O–H groups in total. The monoisotopic (exact) mass is 301 g/mol. The number of fused-ring (bicyclic) bond motifs is 2. The van der Waals surface area contributed by atoms with E-state index in [1.165, 1.54) is 0 Å². The molecule has 0 bridgehead atoms. The number of aromatic nitrogens is 2. The summed E-state index contributed by atoms with van der Waals surface area (Å²) in [6.45, 7) is 2.03. The highest BCUT2D eigenvalue weighted by Gasteiger charge is 2.11. The van der Waals surface area contributed by atoms with Gasteiger partial charge in [-0.2, -0.15) is 0 Å². The van der Waals surface area contributed by atoms with Crippen molar-refractivity contribution < 1.29 is 4.79 Å². The highest BCUT2D eigenvalue weighted by atomic mass is 16.1. The number of para-hydroxylation sites is 1. The van der Waals surface area contributed by atoms with Crippen molar-refractivity contribution in [3.05, 3.63) is 72.2 Å². The lowest BCUT2D eigenvalue weighted by atomic mass is 10.1. The van der Waals surface area contributed by atoms with E-state index in [0.717, 1.165) is 32.9 Å². The Balaban J connectivity index is 1.66. The van der Waals surface area contributed by atoms with Crippen LogP contribution in [0.15, 0.2) is 60.9 Å². The van der Waals surface area contributed by atoms with Gasteiger partial charge in [0.05, 0.1) is 0 Å². The number of aryl methyl sites for hydroxylation is 1. The van der Waals surface area contributed by atoms with Crippen molar-refractivity contribution >= 4 is 33.3 Å². The van der Waals surface area contributed by atoms with Gasteiger partial charge in [0, 0.05) is 34.4 Å². The van der Waals surface area contributed by atoms with Gasteiger partial charge in [-0.05, 0) is 42.1 Å². The van der Waals surface area contributed by atoms with Gasteiger partial charge in [0.1, 0.15) is 5.69 Å². The van der Waals surface area contributed by atoms with Crippen LogP contribution in [0.4, 0.5) is 5.69 Å². The van der Waals surface area contributed by atoms with Gasteiger partial charge < -0.3 is 10.3 Å². The van der Waals surface area contributed by atoms with E-state index in [-0.39, 0.29) is 5.91 Å². The minimum absolute atomic E-state index is 0.144. The summed E-state index contributed by atoms with van der Waals surface area (Å²) < 4.78 is 0. The van der Waals surface area contributed by atoms with Crippen LogP contribution in [-0.4, -0.2) is 15.9 Å². The van der Waals surface area contributed by atoms with E-state index < -0.39 is 0 Å². The SMILES string of the molecule is Cc1cccc2cc(C(=O)Nc3ccc4cnccc4c3)[nH]c12. The van der Waals surface area contributed by atoms with Crippen LogP contribution in [-0.2, 0) is 0 Å². The molecule has 0 saturated heterocycles. The molecule has 0 spiro atoms. The maximum atomic E-state index is 12.5. The van der Waals surface area contributed by atoms with Gasteiger partial charge in [0.25, 0.3) is 5.91 Å². The Bertz CT molecular complexity index is 1030. The quantitative estimate of drug-likeness (QED) is 0.580. The maximum Gasteiger partial charge on any atom is 0.272 e. The van der Waals surface area contributed by atoms with Gasteiger partial charge in [-0.25, -0.2) is 0 Å². The topological polar surface area (TPSA) is 57.8 Å². The highest BCUT2D eigenvalue weighted by molar-refractivity contribution is 6.06. The minimum atomic E-state index is -0.144. The summed E-state index contributed by atoms with van der Waals surface area (Å²) in [5.41, 5.74) is 3.45. The number of hydrogen-bond donors (Lipinski definition) is 2. The molecule has 1 amide bonds. The Morgan fingerprint density at radius 3 is 2.83 bits per heavy atom. The fourth-order valence-electron chi connectivity index (χ4n) is 2.79. The average molecular weight is 301 g/mol. The summed E-state index contributed by atoms with van der Waals surface area (Å²) in [6.07, 6.45) is 3.55. The Kier molecular flexibility index (Phi) is 3.08. The van der Waals surface area contributed by atoms with Gasteiger partial charge in [0.15, 0.2) is 0 Å². The van der Waals surface area contributed by atoms with Crippen LogP contribution >= 0.6 is 0 Å². The molecule has 0 aliphatic rings. The number of nitrogens with one attached hydrogen (secondary N) is 2. The van der Waals surface area contributed by atoms with Crippen LogP contribution in [0.3, 0.4) is 0 Å². The Hall–Kier alpha value is -3.14. The second kappa shape index (κ2) is 5.25. The van der Waals surface area contributed by atoms with Gasteiger partial charge in [-0.15, -0.1) is 0 Å². The first kappa shape index (κ1) is 13.5. The predicted octanol–water partition coefficient (Wildman–Crippen LogP) is 4.28. The van der Waals surface area contributed by atoms with E-state index in [2.05, 4.69) is 15.3 Å². The molecule has 2 aromatic carbocycles. The van der Waals surface area contributed by atoms with Gasteiger partial charge in [-0.1, -0.05) is 24.3 Å². The minimum Gasteiger partial charge on any atom is -0.350 e. The zero-order valence-electron chi connectivity index (χ0n) is 12.6. The fraction of sp³-hybridized carbons (Fsp3) is 0.0526. The number of aromatic amines is 1. The smallest absolute Gasteiger partial charge is 0.272 e. The standard InChI is InChI=1S/C19H15N3O/c1-12-3-2-4-14-10-17(22-18(12)14)19(23)21-16-6-5-15-11-20-8-7-13(15)9-16/h2-11,22H,1H3,(H,21,23). The fourth-order valence-corrected chi connectivity index (χ4v) is 2.79. The van der Waals surface area contributed by atoms with Crippen molar-refractivity contribution in [3.8, 4) is 0 Å². The van der Waals surface area contributed by atoms with Gasteiger partial charge >= 0.3 is 0 Å². The van der Waals surface area contributed by atoms with Crippen LogP contribution in [0.5, 0.6) is 0 Å². The Morgan fingerprint density at radius 1 is 1.04 bits per heavy atom. The summed E-state index contributed by atoms with van der Waals surface area (Å²) in [5, 5.41) is 6.08. The van der Waals surface area contributed by atoms with E-state index in [9.17, 15) is 4.79 Å². The van der Waals surface area contributed by atoms with E-state index >= 15 is 0 Å². The first-order valence-electron chi connectivity index (χ1n) is 7.44. The number of hydrogen-bond acceptors (Lipinski definition) is 2. The molecule has 0 aliphatic carbocycles. The van der Waals surface area contributed by atoms with E-state index in [0.29, 0.717) is 5.69 Å². The summed E-state index contributed by atoms with van der Waals surface area (Å²) >= 11 is 0. The Labute approximate surface area is 133 Å². The van der Waals surface area contributed by atoms with Crippen molar-refractivity contribution in [2.75, 3.05) is 5.32 Å². The summed E-state index contributed by atoms with van der Waals surface area (Å²) in [5.74, 6) is -0.144. The van der Waals surface area contributed by atoms with E-state index in [4.69, 9.17) is 0 Å². The van der Waals surface area contributed by atoms with Gasteiger partial charge in [0.2, 0.25) is 0 Å². The second-order valence-corrected chi connectivity index (χ2v) is 5.61. The lowest BCUT2D eigenvalue weighted by molar-refractivity contribution is 0.102. The summed E-state index contributed by atoms with van der Waals surface area (Å²) in [6, 6.07) is 15.6.